The van der Waals surface area contributed by atoms with Crippen LogP contribution < -0.4 is 4.74 Å². The molecule has 5 nitrogen and oxygen atoms in total. The lowest BCUT2D eigenvalue weighted by molar-refractivity contribution is -0.144. The number of halogens is 1. The van der Waals surface area contributed by atoms with Crippen LogP contribution >= 0.6 is 15.9 Å². The first-order valence-electron chi connectivity index (χ1n) is 3.46. The Balaban J connectivity index is 2.64. The fourth-order valence-electron chi connectivity index (χ4n) is 0.570. The van der Waals surface area contributed by atoms with Crippen molar-refractivity contribution in [3.8, 4) is 6.01 Å². The number of rotatable bonds is 3. The molecule has 1 rings (SSSR count). The summed E-state index contributed by atoms with van der Waals surface area (Å²) >= 11 is 3.14. The fraction of sp³-hybridized carbons (Fsp3) is 0.286. The zero-order valence-electron chi connectivity index (χ0n) is 6.77. The Kier molecular flexibility index (Phi) is 3.18. The van der Waals surface area contributed by atoms with E-state index in [0.29, 0.717) is 4.47 Å². The molecule has 0 radical (unpaired) electrons. The number of hydrogen-bond donors (Lipinski definition) is 1. The third-order valence-corrected chi connectivity index (χ3v) is 1.64. The second-order valence-electron chi connectivity index (χ2n) is 2.28. The normalized spacial score (nSPS) is 12.2. The Hall–Kier alpha value is -1.17. The highest BCUT2D eigenvalue weighted by molar-refractivity contribution is 9.10. The van der Waals surface area contributed by atoms with Gasteiger partial charge in [-0.05, 0) is 22.9 Å². The van der Waals surface area contributed by atoms with Gasteiger partial charge < -0.3 is 9.84 Å². The molecule has 0 saturated heterocycles. The first-order chi connectivity index (χ1) is 6.09. The summed E-state index contributed by atoms with van der Waals surface area (Å²) in [5, 5.41) is 8.51. The van der Waals surface area contributed by atoms with Crippen LogP contribution in [0, 0.1) is 0 Å². The maximum atomic E-state index is 10.4. The van der Waals surface area contributed by atoms with E-state index in [1.165, 1.54) is 19.3 Å². The van der Waals surface area contributed by atoms with Gasteiger partial charge in [-0.3, -0.25) is 0 Å². The summed E-state index contributed by atoms with van der Waals surface area (Å²) in [5.41, 5.74) is 0. The summed E-state index contributed by atoms with van der Waals surface area (Å²) in [6.07, 6.45) is 2.02. The molecule has 0 aliphatic heterocycles. The van der Waals surface area contributed by atoms with E-state index in [2.05, 4.69) is 25.9 Å². The molecule has 0 aromatic carbocycles. The maximum Gasteiger partial charge on any atom is 0.344 e. The third kappa shape index (κ3) is 2.98. The van der Waals surface area contributed by atoms with Gasteiger partial charge in [0.1, 0.15) is 0 Å². The fourth-order valence-corrected chi connectivity index (χ4v) is 0.775. The molecule has 1 atom stereocenters. The van der Waals surface area contributed by atoms with Crippen molar-refractivity contribution in [3.05, 3.63) is 16.9 Å². The van der Waals surface area contributed by atoms with Crippen molar-refractivity contribution in [1.29, 1.82) is 0 Å². The summed E-state index contributed by atoms with van der Waals surface area (Å²) in [6, 6.07) is 0.0538. The SMILES string of the molecule is CC(Oc1ncc(Br)cn1)C(=O)O. The van der Waals surface area contributed by atoms with Gasteiger partial charge in [-0.1, -0.05) is 0 Å². The molecule has 0 fully saturated rings. The quantitative estimate of drug-likeness (QED) is 0.865. The summed E-state index contributed by atoms with van der Waals surface area (Å²) in [6.45, 7) is 1.41. The van der Waals surface area contributed by atoms with Gasteiger partial charge in [0.05, 0.1) is 4.47 Å². The number of hydrogen-bond acceptors (Lipinski definition) is 4. The van der Waals surface area contributed by atoms with E-state index in [4.69, 9.17) is 9.84 Å². The predicted molar refractivity (Wildman–Crippen MR) is 47.5 cm³/mol. The molecule has 0 amide bonds. The number of aromatic nitrogens is 2. The molecule has 0 aliphatic rings. The van der Waals surface area contributed by atoms with E-state index < -0.39 is 12.1 Å². The van der Waals surface area contributed by atoms with Gasteiger partial charge in [0.25, 0.3) is 0 Å². The average molecular weight is 247 g/mol. The second-order valence-corrected chi connectivity index (χ2v) is 3.20. The highest BCUT2D eigenvalue weighted by atomic mass is 79.9. The van der Waals surface area contributed by atoms with Crippen LogP contribution in [0.1, 0.15) is 6.92 Å². The number of nitrogens with zero attached hydrogens (tertiary/aromatic N) is 2. The average Bonchev–Trinajstić information content (AvgIpc) is 2.08. The van der Waals surface area contributed by atoms with E-state index in [1.807, 2.05) is 0 Å². The molecule has 0 saturated carbocycles. The highest BCUT2D eigenvalue weighted by Crippen LogP contribution is 2.09. The van der Waals surface area contributed by atoms with Gasteiger partial charge in [-0.2, -0.15) is 0 Å². The molecule has 1 aromatic rings. The van der Waals surface area contributed by atoms with Crippen LogP contribution in [0.2, 0.25) is 0 Å². The molecule has 0 aliphatic carbocycles. The molecular formula is C7H7BrN2O3. The molecule has 0 spiro atoms. The van der Waals surface area contributed by atoms with Crippen molar-refractivity contribution in [2.45, 2.75) is 13.0 Å². The lowest BCUT2D eigenvalue weighted by atomic mass is 10.4. The molecule has 1 N–H and O–H groups in total. The largest absolute Gasteiger partial charge is 0.479 e. The van der Waals surface area contributed by atoms with Crippen LogP contribution in [0.25, 0.3) is 0 Å². The minimum absolute atomic E-state index is 0.0538. The Morgan fingerprint density at radius 2 is 2.15 bits per heavy atom. The smallest absolute Gasteiger partial charge is 0.344 e. The number of carboxylic acids is 1. The Morgan fingerprint density at radius 1 is 1.62 bits per heavy atom. The Bertz CT molecular complexity index is 301. The second kappa shape index (κ2) is 4.18. The van der Waals surface area contributed by atoms with Gasteiger partial charge in [0.2, 0.25) is 0 Å². The maximum absolute atomic E-state index is 10.4. The molecule has 1 aromatic heterocycles. The van der Waals surface area contributed by atoms with Crippen LogP contribution in [0.4, 0.5) is 0 Å². The predicted octanol–water partition coefficient (Wildman–Crippen LogP) is 1.09. The lowest BCUT2D eigenvalue weighted by Crippen LogP contribution is -2.23. The van der Waals surface area contributed by atoms with E-state index >= 15 is 0 Å². The Labute approximate surface area is 82.9 Å². The lowest BCUT2D eigenvalue weighted by Gasteiger charge is -2.07. The van der Waals surface area contributed by atoms with Gasteiger partial charge in [-0.25, -0.2) is 14.8 Å². The van der Waals surface area contributed by atoms with Crippen molar-refractivity contribution >= 4 is 21.9 Å². The number of ether oxygens (including phenoxy) is 1. The number of carbonyl (C=O) groups is 1. The minimum atomic E-state index is -1.05. The molecule has 1 heterocycles. The van der Waals surface area contributed by atoms with Gasteiger partial charge >= 0.3 is 12.0 Å². The zero-order valence-corrected chi connectivity index (χ0v) is 8.35. The van der Waals surface area contributed by atoms with Crippen molar-refractivity contribution in [1.82, 2.24) is 9.97 Å². The van der Waals surface area contributed by atoms with Crippen LogP contribution in [-0.4, -0.2) is 27.1 Å². The zero-order chi connectivity index (χ0) is 9.84. The Morgan fingerprint density at radius 3 is 2.62 bits per heavy atom. The van der Waals surface area contributed by atoms with E-state index in [9.17, 15) is 4.79 Å². The third-order valence-electron chi connectivity index (χ3n) is 1.23. The molecule has 1 unspecified atom stereocenters. The van der Waals surface area contributed by atoms with Crippen LogP contribution in [0.5, 0.6) is 6.01 Å². The number of carboxylic acid groups (broad SMARTS) is 1. The summed E-state index contributed by atoms with van der Waals surface area (Å²) in [4.78, 5) is 17.9. The van der Waals surface area contributed by atoms with Crippen LogP contribution in [-0.2, 0) is 4.79 Å². The van der Waals surface area contributed by atoms with Crippen molar-refractivity contribution in [3.63, 3.8) is 0 Å². The van der Waals surface area contributed by atoms with Gasteiger partial charge in [0.15, 0.2) is 6.10 Å². The van der Waals surface area contributed by atoms with E-state index in [0.717, 1.165) is 0 Å². The first kappa shape index (κ1) is 9.91. The first-order valence-corrected chi connectivity index (χ1v) is 4.26. The van der Waals surface area contributed by atoms with Gasteiger partial charge in [-0.15, -0.1) is 0 Å². The van der Waals surface area contributed by atoms with E-state index in [1.54, 1.807) is 0 Å². The molecule has 6 heteroatoms. The van der Waals surface area contributed by atoms with Crippen molar-refractivity contribution in [2.24, 2.45) is 0 Å². The van der Waals surface area contributed by atoms with Crippen LogP contribution in [0.3, 0.4) is 0 Å². The summed E-state index contributed by atoms with van der Waals surface area (Å²) in [7, 11) is 0. The van der Waals surface area contributed by atoms with Crippen molar-refractivity contribution < 1.29 is 14.6 Å². The topological polar surface area (TPSA) is 72.3 Å². The monoisotopic (exact) mass is 246 g/mol. The molecule has 70 valence electrons. The van der Waals surface area contributed by atoms with Crippen LogP contribution in [0.15, 0.2) is 16.9 Å². The summed E-state index contributed by atoms with van der Waals surface area (Å²) in [5.74, 6) is -1.05. The number of aliphatic carboxylic acids is 1. The van der Waals surface area contributed by atoms with Crippen molar-refractivity contribution in [2.75, 3.05) is 0 Å². The molecule has 0 bridgehead atoms. The molecule has 13 heavy (non-hydrogen) atoms. The minimum Gasteiger partial charge on any atom is -0.479 e. The standard InChI is InChI=1S/C7H7BrN2O3/c1-4(6(11)12)13-7-9-2-5(8)3-10-7/h2-4H,1H3,(H,11,12). The summed E-state index contributed by atoms with van der Waals surface area (Å²) < 4.78 is 5.60. The molecular weight excluding hydrogens is 240 g/mol. The highest BCUT2D eigenvalue weighted by Gasteiger charge is 2.13. The van der Waals surface area contributed by atoms with E-state index in [-0.39, 0.29) is 6.01 Å². The van der Waals surface area contributed by atoms with Gasteiger partial charge in [0, 0.05) is 12.4 Å².